The lowest BCUT2D eigenvalue weighted by molar-refractivity contribution is -0.133. The molecule has 2 fully saturated rings. The average Bonchev–Trinajstić information content (AvgIpc) is 3.47. The fourth-order valence-corrected chi connectivity index (χ4v) is 3.48. The van der Waals surface area contributed by atoms with Crippen LogP contribution in [0.1, 0.15) is 36.3 Å². The second kappa shape index (κ2) is 6.08. The van der Waals surface area contributed by atoms with Gasteiger partial charge in [-0.1, -0.05) is 28.1 Å². The summed E-state index contributed by atoms with van der Waals surface area (Å²) in [7, 11) is 0. The molecular weight excluding hydrogens is 352 g/mol. The highest BCUT2D eigenvalue weighted by Gasteiger charge is 2.48. The van der Waals surface area contributed by atoms with Crippen LogP contribution in [0.3, 0.4) is 0 Å². The summed E-state index contributed by atoms with van der Waals surface area (Å²) >= 11 is 3.47. The number of aromatic nitrogens is 1. The van der Waals surface area contributed by atoms with Crippen molar-refractivity contribution in [3.63, 3.8) is 0 Å². The van der Waals surface area contributed by atoms with Gasteiger partial charge in [-0.15, -0.1) is 0 Å². The van der Waals surface area contributed by atoms with Crippen molar-refractivity contribution in [3.8, 4) is 0 Å². The van der Waals surface area contributed by atoms with Gasteiger partial charge in [0, 0.05) is 35.4 Å². The van der Waals surface area contributed by atoms with Crippen molar-refractivity contribution in [2.75, 3.05) is 0 Å². The number of pyridine rings is 1. The van der Waals surface area contributed by atoms with E-state index in [0.717, 1.165) is 30.3 Å². The van der Waals surface area contributed by atoms with Crippen LogP contribution in [0, 0.1) is 5.92 Å². The van der Waals surface area contributed by atoms with Gasteiger partial charge in [-0.3, -0.25) is 9.78 Å². The lowest BCUT2D eigenvalue weighted by Gasteiger charge is -2.23. The monoisotopic (exact) mass is 370 g/mol. The number of benzene rings is 1. The van der Waals surface area contributed by atoms with E-state index in [1.807, 2.05) is 12.1 Å². The minimum atomic E-state index is 0.165. The van der Waals surface area contributed by atoms with Crippen LogP contribution >= 0.6 is 15.9 Å². The molecule has 1 aromatic carbocycles. The van der Waals surface area contributed by atoms with Crippen molar-refractivity contribution >= 4 is 21.8 Å². The van der Waals surface area contributed by atoms with Crippen molar-refractivity contribution in [2.45, 2.75) is 37.8 Å². The van der Waals surface area contributed by atoms with Crippen LogP contribution in [0.25, 0.3) is 0 Å². The van der Waals surface area contributed by atoms with Crippen LogP contribution < -0.4 is 0 Å². The first-order chi connectivity index (χ1) is 11.2. The Labute approximate surface area is 144 Å². The van der Waals surface area contributed by atoms with Crippen LogP contribution in [0.5, 0.6) is 0 Å². The van der Waals surface area contributed by atoms with Crippen LogP contribution in [0.2, 0.25) is 0 Å². The Balaban J connectivity index is 1.46. The number of hydrogen-bond donors (Lipinski definition) is 0. The Hall–Kier alpha value is -1.68. The van der Waals surface area contributed by atoms with Gasteiger partial charge in [0.15, 0.2) is 0 Å². The van der Waals surface area contributed by atoms with Gasteiger partial charge < -0.3 is 4.90 Å². The summed E-state index contributed by atoms with van der Waals surface area (Å²) in [5.74, 6) is 0.894. The van der Waals surface area contributed by atoms with Crippen molar-refractivity contribution in [2.24, 2.45) is 5.92 Å². The van der Waals surface area contributed by atoms with E-state index in [2.05, 4.69) is 50.1 Å². The topological polar surface area (TPSA) is 33.2 Å². The SMILES string of the molecule is O=C(C1CC1c1ccc(Br)cc1)N(Cc1ccncc1)C1CC1. The Morgan fingerprint density at radius 3 is 2.48 bits per heavy atom. The predicted molar refractivity (Wildman–Crippen MR) is 92.8 cm³/mol. The van der Waals surface area contributed by atoms with E-state index < -0.39 is 0 Å². The third-order valence-electron chi connectivity index (χ3n) is 4.78. The van der Waals surface area contributed by atoms with Crippen LogP contribution in [-0.4, -0.2) is 21.8 Å². The molecule has 23 heavy (non-hydrogen) atoms. The molecule has 2 atom stereocenters. The molecule has 4 rings (SSSR count). The molecule has 2 aliphatic rings. The summed E-state index contributed by atoms with van der Waals surface area (Å²) in [5, 5.41) is 0. The predicted octanol–water partition coefficient (Wildman–Crippen LogP) is 4.14. The van der Waals surface area contributed by atoms with E-state index in [-0.39, 0.29) is 5.92 Å². The van der Waals surface area contributed by atoms with Gasteiger partial charge in [0.05, 0.1) is 0 Å². The molecule has 0 N–H and O–H groups in total. The average molecular weight is 371 g/mol. The number of carbonyl (C=O) groups is 1. The molecule has 1 heterocycles. The van der Waals surface area contributed by atoms with Gasteiger partial charge in [0.2, 0.25) is 5.91 Å². The first kappa shape index (κ1) is 14.9. The van der Waals surface area contributed by atoms with Gasteiger partial charge in [-0.05, 0) is 60.6 Å². The summed E-state index contributed by atoms with van der Waals surface area (Å²) in [6.07, 6.45) is 6.87. The fourth-order valence-electron chi connectivity index (χ4n) is 3.22. The number of halogens is 1. The van der Waals surface area contributed by atoms with Crippen LogP contribution in [0.15, 0.2) is 53.3 Å². The normalized spacial score (nSPS) is 22.7. The molecular formula is C19H19BrN2O. The number of hydrogen-bond acceptors (Lipinski definition) is 2. The molecule has 3 nitrogen and oxygen atoms in total. The molecule has 0 saturated heterocycles. The summed E-state index contributed by atoms with van der Waals surface area (Å²) in [6.45, 7) is 0.718. The minimum absolute atomic E-state index is 0.165. The number of amides is 1. The van der Waals surface area contributed by atoms with E-state index in [1.54, 1.807) is 12.4 Å². The second-order valence-electron chi connectivity index (χ2n) is 6.55. The fraction of sp³-hybridized carbons (Fsp3) is 0.368. The number of nitrogens with zero attached hydrogens (tertiary/aromatic N) is 2. The molecule has 4 heteroatoms. The van der Waals surface area contributed by atoms with Crippen molar-refractivity contribution in [3.05, 3.63) is 64.4 Å². The summed E-state index contributed by atoms with van der Waals surface area (Å²) in [5.41, 5.74) is 2.45. The summed E-state index contributed by atoms with van der Waals surface area (Å²) < 4.78 is 1.09. The second-order valence-corrected chi connectivity index (χ2v) is 7.47. The Morgan fingerprint density at radius 1 is 1.13 bits per heavy atom. The highest BCUT2D eigenvalue weighted by Crippen LogP contribution is 2.49. The molecule has 2 saturated carbocycles. The maximum Gasteiger partial charge on any atom is 0.226 e. The van der Waals surface area contributed by atoms with Crippen LogP contribution in [-0.2, 0) is 11.3 Å². The van der Waals surface area contributed by atoms with Gasteiger partial charge >= 0.3 is 0 Å². The molecule has 0 radical (unpaired) electrons. The molecule has 2 unspecified atom stereocenters. The first-order valence-corrected chi connectivity index (χ1v) is 8.96. The smallest absolute Gasteiger partial charge is 0.226 e. The Morgan fingerprint density at radius 2 is 1.83 bits per heavy atom. The van der Waals surface area contributed by atoms with E-state index in [9.17, 15) is 4.79 Å². The highest BCUT2D eigenvalue weighted by molar-refractivity contribution is 9.10. The van der Waals surface area contributed by atoms with E-state index in [1.165, 1.54) is 11.1 Å². The molecule has 0 spiro atoms. The van der Waals surface area contributed by atoms with E-state index >= 15 is 0 Å². The zero-order valence-corrected chi connectivity index (χ0v) is 14.4. The number of rotatable bonds is 5. The first-order valence-electron chi connectivity index (χ1n) is 8.17. The molecule has 118 valence electrons. The van der Waals surface area contributed by atoms with Crippen molar-refractivity contribution in [1.29, 1.82) is 0 Å². The zero-order valence-electron chi connectivity index (χ0n) is 12.9. The maximum absolute atomic E-state index is 12.9. The standard InChI is InChI=1S/C19H19BrN2O/c20-15-3-1-14(2-4-15)17-11-18(17)19(23)22(16-5-6-16)12-13-7-9-21-10-8-13/h1-4,7-10,16-18H,5-6,11-12H2. The third-order valence-corrected chi connectivity index (χ3v) is 5.31. The zero-order chi connectivity index (χ0) is 15.8. The molecule has 0 aliphatic heterocycles. The van der Waals surface area contributed by atoms with Gasteiger partial charge in [-0.25, -0.2) is 0 Å². The maximum atomic E-state index is 12.9. The van der Waals surface area contributed by atoms with Gasteiger partial charge in [0.25, 0.3) is 0 Å². The third kappa shape index (κ3) is 3.32. The molecule has 1 amide bonds. The minimum Gasteiger partial charge on any atom is -0.335 e. The molecule has 1 aromatic heterocycles. The Kier molecular flexibility index (Phi) is 3.93. The van der Waals surface area contributed by atoms with Crippen LogP contribution in [0.4, 0.5) is 0 Å². The lowest BCUT2D eigenvalue weighted by Crippen LogP contribution is -2.34. The van der Waals surface area contributed by atoms with Crippen molar-refractivity contribution < 1.29 is 4.79 Å². The molecule has 2 aliphatic carbocycles. The van der Waals surface area contributed by atoms with Gasteiger partial charge in [-0.2, -0.15) is 0 Å². The number of carbonyl (C=O) groups excluding carboxylic acids is 1. The quantitative estimate of drug-likeness (QED) is 0.792. The van der Waals surface area contributed by atoms with Gasteiger partial charge in [0.1, 0.15) is 0 Å². The lowest BCUT2D eigenvalue weighted by atomic mass is 10.1. The summed E-state index contributed by atoms with van der Waals surface area (Å²) in [6, 6.07) is 12.8. The molecule has 2 aromatic rings. The molecule has 0 bridgehead atoms. The van der Waals surface area contributed by atoms with E-state index in [0.29, 0.717) is 17.9 Å². The van der Waals surface area contributed by atoms with E-state index in [4.69, 9.17) is 0 Å². The summed E-state index contributed by atoms with van der Waals surface area (Å²) in [4.78, 5) is 19.1. The Bertz CT molecular complexity index is 697. The highest BCUT2D eigenvalue weighted by atomic mass is 79.9. The largest absolute Gasteiger partial charge is 0.335 e. The van der Waals surface area contributed by atoms with Crippen molar-refractivity contribution in [1.82, 2.24) is 9.88 Å².